The molecular weight excluding hydrogens is 374 g/mol. The van der Waals surface area contributed by atoms with Crippen molar-refractivity contribution in [2.75, 3.05) is 12.2 Å². The Balaban J connectivity index is 2.29. The fraction of sp³-hybridized carbons (Fsp3) is 0.278. The molecule has 0 saturated heterocycles. The molecule has 5 nitrogen and oxygen atoms in total. The molecule has 1 N–H and O–H groups in total. The van der Waals surface area contributed by atoms with Crippen LogP contribution in [0.3, 0.4) is 0 Å². The van der Waals surface area contributed by atoms with E-state index in [1.807, 2.05) is 25.1 Å². The molecule has 0 spiro atoms. The van der Waals surface area contributed by atoms with Gasteiger partial charge in [-0.3, -0.25) is 5.21 Å². The van der Waals surface area contributed by atoms with E-state index in [-0.39, 0.29) is 6.61 Å². The van der Waals surface area contributed by atoms with Gasteiger partial charge in [-0.05, 0) is 37.1 Å². The molecule has 2 aromatic rings. The molecule has 0 fully saturated rings. The van der Waals surface area contributed by atoms with Crippen molar-refractivity contribution in [3.05, 3.63) is 57.6 Å². The molecule has 0 heterocycles. The van der Waals surface area contributed by atoms with Crippen LogP contribution >= 0.6 is 15.9 Å². The van der Waals surface area contributed by atoms with Crippen LogP contribution in [0.5, 0.6) is 5.75 Å². The van der Waals surface area contributed by atoms with Crippen LogP contribution in [0.25, 0.3) is 0 Å². The Morgan fingerprint density at radius 1 is 1.29 bits per heavy atom. The number of ether oxygens (including phenoxy) is 2. The summed E-state index contributed by atoms with van der Waals surface area (Å²) in [5.41, 5.74) is 3.24. The average molecular weight is 394 g/mol. The van der Waals surface area contributed by atoms with Crippen molar-refractivity contribution in [1.29, 1.82) is 0 Å². The molecule has 0 aliphatic rings. The highest BCUT2D eigenvalue weighted by Gasteiger charge is 2.19. The van der Waals surface area contributed by atoms with Gasteiger partial charge in [0.2, 0.25) is 0 Å². The summed E-state index contributed by atoms with van der Waals surface area (Å²) in [6, 6.07) is 11.2. The Morgan fingerprint density at radius 2 is 2.04 bits per heavy atom. The molecule has 0 saturated carbocycles. The number of hydrogen-bond acceptors (Lipinski definition) is 4. The summed E-state index contributed by atoms with van der Waals surface area (Å²) in [5.74, 6) is 0.785. The highest BCUT2D eigenvalue weighted by atomic mass is 79.9. The number of benzene rings is 2. The fourth-order valence-electron chi connectivity index (χ4n) is 2.35. The molecule has 2 aromatic carbocycles. The van der Waals surface area contributed by atoms with Gasteiger partial charge in [-0.2, -0.15) is 5.06 Å². The summed E-state index contributed by atoms with van der Waals surface area (Å²) in [6.45, 7) is 4.30. The van der Waals surface area contributed by atoms with Crippen LogP contribution in [0.4, 0.5) is 10.5 Å². The number of amides is 1. The van der Waals surface area contributed by atoms with Gasteiger partial charge in [0.25, 0.3) is 0 Å². The van der Waals surface area contributed by atoms with E-state index in [0.29, 0.717) is 16.3 Å². The zero-order chi connectivity index (χ0) is 17.7. The third-order valence-corrected chi connectivity index (χ3v) is 4.38. The minimum atomic E-state index is -0.862. The maximum absolute atomic E-state index is 11.6. The van der Waals surface area contributed by atoms with Crippen molar-refractivity contribution < 1.29 is 19.5 Å². The SMILES string of the molecule is CCc1cc(C)ccc1OCc1c(Br)cccc1N(O)C(=O)OC. The molecule has 128 valence electrons. The van der Waals surface area contributed by atoms with Crippen LogP contribution in [0.1, 0.15) is 23.6 Å². The fourth-order valence-corrected chi connectivity index (χ4v) is 2.82. The second-order valence-electron chi connectivity index (χ2n) is 5.27. The van der Waals surface area contributed by atoms with Crippen molar-refractivity contribution in [1.82, 2.24) is 0 Å². The number of hydrogen-bond donors (Lipinski definition) is 1. The molecule has 0 aliphatic carbocycles. The topological polar surface area (TPSA) is 59.0 Å². The van der Waals surface area contributed by atoms with Crippen molar-refractivity contribution in [3.63, 3.8) is 0 Å². The Hall–Kier alpha value is -2.05. The Bertz CT molecular complexity index is 733. The molecular formula is C18H20BrNO4. The van der Waals surface area contributed by atoms with Crippen LogP contribution in [-0.2, 0) is 17.8 Å². The van der Waals surface area contributed by atoms with E-state index < -0.39 is 6.09 Å². The van der Waals surface area contributed by atoms with Gasteiger partial charge in [0.1, 0.15) is 12.4 Å². The number of rotatable bonds is 5. The van der Waals surface area contributed by atoms with Crippen LogP contribution in [-0.4, -0.2) is 18.4 Å². The number of anilines is 1. The van der Waals surface area contributed by atoms with Gasteiger partial charge in [-0.15, -0.1) is 0 Å². The summed E-state index contributed by atoms with van der Waals surface area (Å²) in [5, 5.41) is 10.5. The van der Waals surface area contributed by atoms with E-state index in [1.165, 1.54) is 12.7 Å². The monoisotopic (exact) mass is 393 g/mol. The van der Waals surface area contributed by atoms with Crippen LogP contribution < -0.4 is 9.80 Å². The largest absolute Gasteiger partial charge is 0.489 e. The molecule has 0 unspecified atom stereocenters. The van der Waals surface area contributed by atoms with Crippen molar-refractivity contribution in [3.8, 4) is 5.75 Å². The van der Waals surface area contributed by atoms with Gasteiger partial charge < -0.3 is 9.47 Å². The van der Waals surface area contributed by atoms with Crippen molar-refractivity contribution in [2.45, 2.75) is 26.9 Å². The Morgan fingerprint density at radius 3 is 2.71 bits per heavy atom. The molecule has 0 radical (unpaired) electrons. The van der Waals surface area contributed by atoms with Crippen LogP contribution in [0.2, 0.25) is 0 Å². The maximum Gasteiger partial charge on any atom is 0.438 e. The van der Waals surface area contributed by atoms with Gasteiger partial charge in [0, 0.05) is 10.0 Å². The van der Waals surface area contributed by atoms with Crippen LogP contribution in [0.15, 0.2) is 40.9 Å². The normalized spacial score (nSPS) is 10.4. The quantitative estimate of drug-likeness (QED) is 0.581. The number of aryl methyl sites for hydroxylation is 2. The van der Waals surface area contributed by atoms with Gasteiger partial charge in [0.15, 0.2) is 0 Å². The second-order valence-corrected chi connectivity index (χ2v) is 6.13. The molecule has 2 rings (SSSR count). The first kappa shape index (κ1) is 18.3. The first-order chi connectivity index (χ1) is 11.5. The molecule has 0 aliphatic heterocycles. The maximum atomic E-state index is 11.6. The molecule has 0 aromatic heterocycles. The summed E-state index contributed by atoms with van der Waals surface area (Å²) < 4.78 is 11.2. The zero-order valence-corrected chi connectivity index (χ0v) is 15.5. The van der Waals surface area contributed by atoms with Crippen LogP contribution in [0, 0.1) is 6.92 Å². The number of methoxy groups -OCH3 is 1. The smallest absolute Gasteiger partial charge is 0.438 e. The van der Waals surface area contributed by atoms with E-state index in [9.17, 15) is 10.0 Å². The number of halogens is 1. The highest BCUT2D eigenvalue weighted by molar-refractivity contribution is 9.10. The number of hydroxylamine groups is 1. The van der Waals surface area contributed by atoms with E-state index in [0.717, 1.165) is 22.2 Å². The molecule has 0 atom stereocenters. The van der Waals surface area contributed by atoms with Gasteiger partial charge in [-0.1, -0.05) is 46.6 Å². The number of carbonyl (C=O) groups excluding carboxylic acids is 1. The first-order valence-electron chi connectivity index (χ1n) is 7.54. The summed E-state index contributed by atoms with van der Waals surface area (Å²) in [7, 11) is 1.21. The van der Waals surface area contributed by atoms with E-state index >= 15 is 0 Å². The minimum Gasteiger partial charge on any atom is -0.489 e. The lowest BCUT2D eigenvalue weighted by Crippen LogP contribution is -2.28. The lowest BCUT2D eigenvalue weighted by Gasteiger charge is -2.19. The number of nitrogens with zero attached hydrogens (tertiary/aromatic N) is 1. The van der Waals surface area contributed by atoms with Crippen molar-refractivity contribution in [2.24, 2.45) is 0 Å². The minimum absolute atomic E-state index is 0.195. The summed E-state index contributed by atoms with van der Waals surface area (Å²) in [4.78, 5) is 11.6. The summed E-state index contributed by atoms with van der Waals surface area (Å²) >= 11 is 3.44. The molecule has 0 bridgehead atoms. The van der Waals surface area contributed by atoms with E-state index in [4.69, 9.17) is 4.74 Å². The predicted octanol–water partition coefficient (Wildman–Crippen LogP) is 4.86. The lowest BCUT2D eigenvalue weighted by atomic mass is 10.1. The predicted molar refractivity (Wildman–Crippen MR) is 95.7 cm³/mol. The first-order valence-corrected chi connectivity index (χ1v) is 8.33. The second kappa shape index (κ2) is 8.17. The molecule has 1 amide bonds. The number of carbonyl (C=O) groups is 1. The lowest BCUT2D eigenvalue weighted by molar-refractivity contribution is 0.140. The molecule has 6 heteroatoms. The van der Waals surface area contributed by atoms with Gasteiger partial charge in [0.05, 0.1) is 12.8 Å². The average Bonchev–Trinajstić information content (AvgIpc) is 2.59. The van der Waals surface area contributed by atoms with E-state index in [2.05, 4.69) is 33.7 Å². The third kappa shape index (κ3) is 4.07. The van der Waals surface area contributed by atoms with Crippen molar-refractivity contribution >= 4 is 27.7 Å². The third-order valence-electron chi connectivity index (χ3n) is 3.64. The standard InChI is InChI=1S/C18H20BrNO4/c1-4-13-10-12(2)8-9-17(13)24-11-14-15(19)6-5-7-16(14)20(22)18(21)23-3/h5-10,22H,4,11H2,1-3H3. The zero-order valence-electron chi connectivity index (χ0n) is 13.9. The van der Waals surface area contributed by atoms with Gasteiger partial charge in [-0.25, -0.2) is 4.79 Å². The Kier molecular flexibility index (Phi) is 6.23. The molecule has 24 heavy (non-hydrogen) atoms. The van der Waals surface area contributed by atoms with Gasteiger partial charge >= 0.3 is 6.09 Å². The summed E-state index contributed by atoms with van der Waals surface area (Å²) in [6.07, 6.45) is -0.00683. The highest BCUT2D eigenvalue weighted by Crippen LogP contribution is 2.30. The van der Waals surface area contributed by atoms with E-state index in [1.54, 1.807) is 12.1 Å². The Labute approximate surface area is 149 Å².